The number of pyridine rings is 1. The van der Waals surface area contributed by atoms with Gasteiger partial charge in [0.25, 0.3) is 11.8 Å². The van der Waals surface area contributed by atoms with Crippen LogP contribution < -0.4 is 10.1 Å². The maximum atomic E-state index is 13.3. The lowest BCUT2D eigenvalue weighted by Crippen LogP contribution is -2.52. The third-order valence-corrected chi connectivity index (χ3v) is 6.98. The number of carbonyl (C=O) groups excluding carboxylic acids is 3. The number of methoxy groups -OCH3 is 1. The molecule has 0 spiro atoms. The van der Waals surface area contributed by atoms with E-state index in [9.17, 15) is 14.4 Å². The van der Waals surface area contributed by atoms with E-state index in [0.717, 1.165) is 4.88 Å². The van der Waals surface area contributed by atoms with E-state index in [1.165, 1.54) is 23.3 Å². The fraction of sp³-hybridized carbons (Fsp3) is 0.292. The van der Waals surface area contributed by atoms with Crippen LogP contribution in [0.5, 0.6) is 5.75 Å². The van der Waals surface area contributed by atoms with Crippen molar-refractivity contribution < 1.29 is 19.1 Å². The Morgan fingerprint density at radius 3 is 2.47 bits per heavy atom. The number of hydrogen-bond donors (Lipinski definition) is 1. The predicted molar refractivity (Wildman–Crippen MR) is 127 cm³/mol. The highest BCUT2D eigenvalue weighted by Crippen LogP contribution is 2.44. The molecule has 174 valence electrons. The molecule has 2 aliphatic heterocycles. The lowest BCUT2D eigenvalue weighted by atomic mass is 9.94. The summed E-state index contributed by atoms with van der Waals surface area (Å²) in [5.74, 6) is -1.30. The third kappa shape index (κ3) is 3.90. The Morgan fingerprint density at radius 1 is 1.06 bits per heavy atom. The molecule has 0 aliphatic carbocycles. The van der Waals surface area contributed by atoms with Gasteiger partial charge in [-0.05, 0) is 12.1 Å². The molecule has 1 unspecified atom stereocenters. The summed E-state index contributed by atoms with van der Waals surface area (Å²) in [5.41, 5.74) is 4.38. The molecule has 3 aromatic rings. The first-order chi connectivity index (χ1) is 16.6. The number of anilines is 1. The van der Waals surface area contributed by atoms with Gasteiger partial charge in [0.2, 0.25) is 5.78 Å². The normalized spacial score (nSPS) is 17.1. The second kappa shape index (κ2) is 9.22. The molecule has 9 nitrogen and oxygen atoms in total. The molecule has 0 bridgehead atoms. The Morgan fingerprint density at radius 2 is 1.79 bits per heavy atom. The first kappa shape index (κ1) is 22.0. The molecular formula is C24H23N5O4S. The summed E-state index contributed by atoms with van der Waals surface area (Å²) < 4.78 is 5.48. The van der Waals surface area contributed by atoms with Gasteiger partial charge in [0.1, 0.15) is 11.4 Å². The molecule has 2 aliphatic rings. The molecular weight excluding hydrogens is 454 g/mol. The largest absolute Gasteiger partial charge is 0.495 e. The van der Waals surface area contributed by atoms with E-state index in [1.807, 2.05) is 18.2 Å². The Hall–Kier alpha value is -3.79. The van der Waals surface area contributed by atoms with Crippen molar-refractivity contribution in [1.29, 1.82) is 0 Å². The molecule has 1 N–H and O–H groups in total. The van der Waals surface area contributed by atoms with Gasteiger partial charge in [-0.15, -0.1) is 11.3 Å². The average molecular weight is 478 g/mol. The van der Waals surface area contributed by atoms with Crippen molar-refractivity contribution in [3.05, 3.63) is 59.4 Å². The van der Waals surface area contributed by atoms with E-state index >= 15 is 0 Å². The van der Waals surface area contributed by atoms with Gasteiger partial charge in [-0.1, -0.05) is 18.2 Å². The van der Waals surface area contributed by atoms with Crippen molar-refractivity contribution in [2.45, 2.75) is 5.92 Å². The van der Waals surface area contributed by atoms with Crippen LogP contribution >= 0.6 is 11.3 Å². The standard InChI is InChI=1S/C24H23N5O4S/c1-33-17-12-27-20(18-13-25-14-34-18)21-19(17)16(11-26-21)22(30)24(32)29-9-7-28(8-10-29)23(31)15-5-3-2-4-6-15/h2-6,12-14,16,26H,7-11H2,1H3. The second-order valence-corrected chi connectivity index (χ2v) is 8.96. The maximum Gasteiger partial charge on any atom is 0.290 e. The number of fused-ring (bicyclic) bond motifs is 1. The fourth-order valence-corrected chi connectivity index (χ4v) is 5.05. The van der Waals surface area contributed by atoms with Crippen molar-refractivity contribution in [1.82, 2.24) is 19.8 Å². The fourth-order valence-electron chi connectivity index (χ4n) is 4.43. The van der Waals surface area contributed by atoms with Gasteiger partial charge in [0.05, 0.1) is 35.3 Å². The molecule has 1 aromatic carbocycles. The van der Waals surface area contributed by atoms with Crippen LogP contribution in [0.2, 0.25) is 0 Å². The van der Waals surface area contributed by atoms with Crippen LogP contribution in [-0.2, 0) is 9.59 Å². The quantitative estimate of drug-likeness (QED) is 0.562. The second-order valence-electron chi connectivity index (χ2n) is 8.08. The first-order valence-electron chi connectivity index (χ1n) is 11.0. The summed E-state index contributed by atoms with van der Waals surface area (Å²) >= 11 is 1.45. The van der Waals surface area contributed by atoms with Crippen LogP contribution in [0.1, 0.15) is 21.8 Å². The minimum absolute atomic E-state index is 0.0687. The highest BCUT2D eigenvalue weighted by Gasteiger charge is 2.39. The predicted octanol–water partition coefficient (Wildman–Crippen LogP) is 2.28. The van der Waals surface area contributed by atoms with E-state index in [1.54, 1.807) is 34.9 Å². The van der Waals surface area contributed by atoms with Crippen LogP contribution in [0.15, 0.2) is 48.2 Å². The third-order valence-electron chi connectivity index (χ3n) is 6.20. The van der Waals surface area contributed by atoms with Gasteiger partial charge in [0, 0.05) is 50.0 Å². The number of carbonyl (C=O) groups is 3. The summed E-state index contributed by atoms with van der Waals surface area (Å²) in [4.78, 5) is 51.8. The molecule has 34 heavy (non-hydrogen) atoms. The zero-order chi connectivity index (χ0) is 23.7. The minimum Gasteiger partial charge on any atom is -0.495 e. The van der Waals surface area contributed by atoms with Crippen LogP contribution in [0.4, 0.5) is 5.69 Å². The van der Waals surface area contributed by atoms with E-state index in [-0.39, 0.29) is 5.91 Å². The molecule has 2 amide bonds. The summed E-state index contributed by atoms with van der Waals surface area (Å²) in [6.07, 6.45) is 3.30. The number of nitrogens with zero attached hydrogens (tertiary/aromatic N) is 4. The zero-order valence-corrected chi connectivity index (χ0v) is 19.4. The van der Waals surface area contributed by atoms with Crippen molar-refractivity contribution in [2.75, 3.05) is 45.2 Å². The SMILES string of the molecule is COc1cnc(-c2cncs2)c2c1C(C(=O)C(=O)N1CCN(C(=O)c3ccccc3)CC1)CN2. The summed E-state index contributed by atoms with van der Waals surface area (Å²) in [7, 11) is 1.52. The topological polar surface area (TPSA) is 105 Å². The average Bonchev–Trinajstić information content (AvgIpc) is 3.58. The number of amides is 2. The van der Waals surface area contributed by atoms with Crippen LogP contribution in [0.3, 0.4) is 0 Å². The lowest BCUT2D eigenvalue weighted by molar-refractivity contribution is -0.146. The number of nitrogens with one attached hydrogen (secondary N) is 1. The molecule has 1 saturated heterocycles. The van der Waals surface area contributed by atoms with Crippen LogP contribution in [-0.4, -0.2) is 77.2 Å². The number of piperazine rings is 1. The van der Waals surface area contributed by atoms with E-state index in [0.29, 0.717) is 61.0 Å². The van der Waals surface area contributed by atoms with E-state index < -0.39 is 17.6 Å². The van der Waals surface area contributed by atoms with Crippen molar-refractivity contribution in [3.63, 3.8) is 0 Å². The number of thiazole rings is 1. The van der Waals surface area contributed by atoms with Gasteiger partial charge in [0.15, 0.2) is 0 Å². The molecule has 0 radical (unpaired) electrons. The summed E-state index contributed by atoms with van der Waals surface area (Å²) in [5, 5.41) is 3.25. The number of Topliss-reactive ketones (excluding diaryl/α,β-unsaturated/α-hetero) is 1. The van der Waals surface area contributed by atoms with Crippen LogP contribution in [0, 0.1) is 0 Å². The molecule has 1 atom stereocenters. The molecule has 4 heterocycles. The van der Waals surface area contributed by atoms with E-state index in [4.69, 9.17) is 4.74 Å². The van der Waals surface area contributed by atoms with Crippen molar-refractivity contribution in [2.24, 2.45) is 0 Å². The monoisotopic (exact) mass is 477 g/mol. The maximum absolute atomic E-state index is 13.3. The number of hydrogen-bond acceptors (Lipinski definition) is 8. The number of ketones is 1. The highest BCUT2D eigenvalue weighted by molar-refractivity contribution is 7.13. The van der Waals surface area contributed by atoms with Gasteiger partial charge in [-0.25, -0.2) is 4.98 Å². The van der Waals surface area contributed by atoms with Crippen molar-refractivity contribution in [3.8, 4) is 16.3 Å². The Balaban J connectivity index is 1.31. The van der Waals surface area contributed by atoms with Crippen LogP contribution in [0.25, 0.3) is 10.6 Å². The van der Waals surface area contributed by atoms with Gasteiger partial charge < -0.3 is 19.9 Å². The van der Waals surface area contributed by atoms with Gasteiger partial charge >= 0.3 is 0 Å². The minimum atomic E-state index is -0.670. The Labute approximate surface area is 200 Å². The van der Waals surface area contributed by atoms with Gasteiger partial charge in [-0.3, -0.25) is 19.4 Å². The highest BCUT2D eigenvalue weighted by atomic mass is 32.1. The van der Waals surface area contributed by atoms with Crippen molar-refractivity contribution >= 4 is 34.6 Å². The van der Waals surface area contributed by atoms with E-state index in [2.05, 4.69) is 15.3 Å². The smallest absolute Gasteiger partial charge is 0.290 e. The molecule has 0 saturated carbocycles. The van der Waals surface area contributed by atoms with Gasteiger partial charge in [-0.2, -0.15) is 0 Å². The number of ether oxygens (including phenoxy) is 1. The summed E-state index contributed by atoms with van der Waals surface area (Å²) in [6, 6.07) is 9.06. The zero-order valence-electron chi connectivity index (χ0n) is 18.6. The Bertz CT molecular complexity index is 1220. The molecule has 5 rings (SSSR count). The molecule has 10 heteroatoms. The molecule has 1 fully saturated rings. The summed E-state index contributed by atoms with van der Waals surface area (Å²) in [6.45, 7) is 1.69. The number of benzene rings is 1. The first-order valence-corrected chi connectivity index (χ1v) is 11.8. The molecule has 2 aromatic heterocycles. The lowest BCUT2D eigenvalue weighted by Gasteiger charge is -2.34. The number of aromatic nitrogens is 2. The number of rotatable bonds is 5. The Kier molecular flexibility index (Phi) is 5.97.